The van der Waals surface area contributed by atoms with Gasteiger partial charge >= 0.3 is 5.97 Å². The molecule has 0 amide bonds. The first kappa shape index (κ1) is 17.4. The summed E-state index contributed by atoms with van der Waals surface area (Å²) in [5.74, 6) is 0.479. The van der Waals surface area contributed by atoms with Crippen molar-refractivity contribution in [2.24, 2.45) is 10.9 Å². The molecule has 0 unspecified atom stereocenters. The quantitative estimate of drug-likeness (QED) is 0.246. The number of hydrogen-bond donors (Lipinski definition) is 1. The van der Waals surface area contributed by atoms with Crippen molar-refractivity contribution >= 4 is 27.9 Å². The molecule has 1 N–H and O–H groups in total. The van der Waals surface area contributed by atoms with Gasteiger partial charge in [0.15, 0.2) is 0 Å². The molecule has 0 aromatic heterocycles. The zero-order valence-corrected chi connectivity index (χ0v) is 13.3. The zero-order chi connectivity index (χ0) is 13.8. The van der Waals surface area contributed by atoms with E-state index in [2.05, 4.69) is 40.1 Å². The normalized spacial score (nSPS) is 13.2. The van der Waals surface area contributed by atoms with E-state index in [1.807, 2.05) is 6.92 Å². The standard InChI is InChI=1S/C13H25BrN2O2/c1-4-11(3)7-6-10-16-13(15-5-2)18-12(17)8-9-14/h11H,4-10H2,1-3H3,(H,15,16)/t11-/m0/s1. The van der Waals surface area contributed by atoms with Gasteiger partial charge in [-0.3, -0.25) is 4.79 Å². The molecule has 1 atom stereocenters. The average Bonchev–Trinajstić information content (AvgIpc) is 2.34. The molecule has 0 saturated heterocycles. The number of hydrogen-bond acceptors (Lipinski definition) is 3. The van der Waals surface area contributed by atoms with Crippen LogP contribution in [0, 0.1) is 5.92 Å². The number of ether oxygens (including phenoxy) is 1. The van der Waals surface area contributed by atoms with Crippen LogP contribution in [0.25, 0.3) is 0 Å². The third-order valence-corrected chi connectivity index (χ3v) is 3.04. The minimum atomic E-state index is -0.256. The van der Waals surface area contributed by atoms with Crippen LogP contribution in [-0.2, 0) is 9.53 Å². The molecular weight excluding hydrogens is 296 g/mol. The largest absolute Gasteiger partial charge is 0.393 e. The van der Waals surface area contributed by atoms with Crippen molar-refractivity contribution in [1.82, 2.24) is 5.32 Å². The Labute approximate surface area is 119 Å². The summed E-state index contributed by atoms with van der Waals surface area (Å²) in [6, 6.07) is 0.354. The van der Waals surface area contributed by atoms with Gasteiger partial charge in [-0.25, -0.2) is 4.99 Å². The maximum Gasteiger partial charge on any atom is 0.314 e. The van der Waals surface area contributed by atoms with E-state index in [9.17, 15) is 4.79 Å². The summed E-state index contributed by atoms with van der Waals surface area (Å²) >= 11 is 3.21. The second-order valence-electron chi connectivity index (χ2n) is 4.29. The van der Waals surface area contributed by atoms with Crippen LogP contribution in [0.3, 0.4) is 0 Å². The van der Waals surface area contributed by atoms with E-state index in [1.165, 1.54) is 6.42 Å². The van der Waals surface area contributed by atoms with Crippen molar-refractivity contribution in [2.45, 2.75) is 46.5 Å². The molecule has 0 aliphatic heterocycles. The Morgan fingerprint density at radius 3 is 2.72 bits per heavy atom. The highest BCUT2D eigenvalue weighted by atomic mass is 79.9. The van der Waals surface area contributed by atoms with E-state index in [-0.39, 0.29) is 5.97 Å². The second-order valence-corrected chi connectivity index (χ2v) is 5.08. The Balaban J connectivity index is 4.03. The van der Waals surface area contributed by atoms with Crippen molar-refractivity contribution in [3.8, 4) is 0 Å². The molecule has 0 aromatic rings. The Morgan fingerprint density at radius 2 is 2.17 bits per heavy atom. The van der Waals surface area contributed by atoms with E-state index in [0.29, 0.717) is 30.9 Å². The van der Waals surface area contributed by atoms with Crippen LogP contribution in [0.15, 0.2) is 4.99 Å². The van der Waals surface area contributed by atoms with Crippen LogP contribution in [-0.4, -0.2) is 30.4 Å². The lowest BCUT2D eigenvalue weighted by Gasteiger charge is -2.09. The fourth-order valence-electron chi connectivity index (χ4n) is 1.34. The molecule has 0 saturated carbocycles. The molecule has 0 aliphatic rings. The number of esters is 1. The summed E-state index contributed by atoms with van der Waals surface area (Å²) in [5, 5.41) is 3.58. The lowest BCUT2D eigenvalue weighted by atomic mass is 10.0. The summed E-state index contributed by atoms with van der Waals surface area (Å²) in [6.45, 7) is 7.79. The first-order valence-corrected chi connectivity index (χ1v) is 7.81. The minimum absolute atomic E-state index is 0.256. The van der Waals surface area contributed by atoms with Gasteiger partial charge in [0.25, 0.3) is 6.02 Å². The number of nitrogens with zero attached hydrogens (tertiary/aromatic N) is 1. The van der Waals surface area contributed by atoms with Gasteiger partial charge in [0.1, 0.15) is 0 Å². The molecule has 0 radical (unpaired) electrons. The Bertz CT molecular complexity index is 257. The number of aliphatic imine (C=N–C) groups is 1. The molecule has 0 heterocycles. The highest BCUT2D eigenvalue weighted by molar-refractivity contribution is 9.09. The van der Waals surface area contributed by atoms with Crippen LogP contribution in [0.2, 0.25) is 0 Å². The molecule has 0 aliphatic carbocycles. The van der Waals surface area contributed by atoms with Crippen molar-refractivity contribution in [2.75, 3.05) is 18.4 Å². The maximum atomic E-state index is 11.3. The number of rotatable bonds is 8. The number of nitrogens with one attached hydrogen (secondary N) is 1. The summed E-state index contributed by atoms with van der Waals surface area (Å²) in [7, 11) is 0. The number of alkyl halides is 1. The molecule has 0 rings (SSSR count). The van der Waals surface area contributed by atoms with Gasteiger partial charge in [0.2, 0.25) is 0 Å². The monoisotopic (exact) mass is 320 g/mol. The topological polar surface area (TPSA) is 50.7 Å². The van der Waals surface area contributed by atoms with Crippen molar-refractivity contribution < 1.29 is 9.53 Å². The first-order valence-electron chi connectivity index (χ1n) is 6.68. The molecule has 106 valence electrons. The summed E-state index contributed by atoms with van der Waals surface area (Å²) < 4.78 is 5.13. The van der Waals surface area contributed by atoms with Gasteiger partial charge in [0.05, 0.1) is 6.42 Å². The minimum Gasteiger partial charge on any atom is -0.393 e. The smallest absolute Gasteiger partial charge is 0.314 e. The molecule has 0 spiro atoms. The summed E-state index contributed by atoms with van der Waals surface area (Å²) in [4.78, 5) is 15.6. The highest BCUT2D eigenvalue weighted by Crippen LogP contribution is 2.08. The van der Waals surface area contributed by atoms with Gasteiger partial charge in [-0.2, -0.15) is 0 Å². The highest BCUT2D eigenvalue weighted by Gasteiger charge is 2.06. The lowest BCUT2D eigenvalue weighted by molar-refractivity contribution is -0.135. The first-order chi connectivity index (χ1) is 8.63. The number of amidine groups is 1. The lowest BCUT2D eigenvalue weighted by Crippen LogP contribution is -2.28. The molecule has 0 fully saturated rings. The van der Waals surface area contributed by atoms with Gasteiger partial charge in [-0.15, -0.1) is 0 Å². The van der Waals surface area contributed by atoms with E-state index in [0.717, 1.165) is 18.8 Å². The Kier molecular flexibility index (Phi) is 11.1. The fraction of sp³-hybridized carbons (Fsp3) is 0.846. The van der Waals surface area contributed by atoms with Crippen molar-refractivity contribution in [1.29, 1.82) is 0 Å². The molecule has 0 bridgehead atoms. The molecule has 0 aromatic carbocycles. The number of halogens is 1. The zero-order valence-electron chi connectivity index (χ0n) is 11.7. The van der Waals surface area contributed by atoms with E-state index in [4.69, 9.17) is 4.74 Å². The molecule has 4 nitrogen and oxygen atoms in total. The number of carbonyl (C=O) groups excluding carboxylic acids is 1. The van der Waals surface area contributed by atoms with E-state index < -0.39 is 0 Å². The van der Waals surface area contributed by atoms with Crippen LogP contribution >= 0.6 is 15.9 Å². The number of carbonyl (C=O) groups is 1. The average molecular weight is 321 g/mol. The summed E-state index contributed by atoms with van der Waals surface area (Å²) in [6.07, 6.45) is 3.75. The third-order valence-electron chi connectivity index (χ3n) is 2.64. The molecular formula is C13H25BrN2O2. The Hall–Kier alpha value is -0.580. The van der Waals surface area contributed by atoms with Crippen molar-refractivity contribution in [3.05, 3.63) is 0 Å². The molecule has 18 heavy (non-hydrogen) atoms. The maximum absolute atomic E-state index is 11.3. The third kappa shape index (κ3) is 9.45. The van der Waals surface area contributed by atoms with Crippen molar-refractivity contribution in [3.63, 3.8) is 0 Å². The van der Waals surface area contributed by atoms with Gasteiger partial charge < -0.3 is 10.1 Å². The van der Waals surface area contributed by atoms with Crippen LogP contribution in [0.5, 0.6) is 0 Å². The summed E-state index contributed by atoms with van der Waals surface area (Å²) in [5.41, 5.74) is 0. The van der Waals surface area contributed by atoms with E-state index in [1.54, 1.807) is 0 Å². The fourth-order valence-corrected chi connectivity index (χ4v) is 1.66. The van der Waals surface area contributed by atoms with Crippen LogP contribution in [0.4, 0.5) is 0 Å². The SMILES string of the molecule is CCNC(=NCCC[C@@H](C)CC)OC(=O)CCBr. The predicted octanol–water partition coefficient (Wildman–Crippen LogP) is 3.11. The van der Waals surface area contributed by atoms with Gasteiger partial charge in [-0.05, 0) is 25.7 Å². The van der Waals surface area contributed by atoms with Gasteiger partial charge in [-0.1, -0.05) is 36.2 Å². The molecule has 5 heteroatoms. The van der Waals surface area contributed by atoms with Gasteiger partial charge in [0, 0.05) is 18.4 Å². The van der Waals surface area contributed by atoms with E-state index >= 15 is 0 Å². The van der Waals surface area contributed by atoms with Crippen LogP contribution in [0.1, 0.15) is 46.5 Å². The predicted molar refractivity (Wildman–Crippen MR) is 79.2 cm³/mol. The second kappa shape index (κ2) is 11.5. The van der Waals surface area contributed by atoms with Crippen LogP contribution < -0.4 is 5.32 Å². The Morgan fingerprint density at radius 1 is 1.44 bits per heavy atom.